The predicted octanol–water partition coefficient (Wildman–Crippen LogP) is 2.33. The zero-order valence-corrected chi connectivity index (χ0v) is 12.1. The van der Waals surface area contributed by atoms with Gasteiger partial charge in [-0.2, -0.15) is 0 Å². The van der Waals surface area contributed by atoms with Gasteiger partial charge in [-0.25, -0.2) is 0 Å². The van der Waals surface area contributed by atoms with Crippen LogP contribution in [0.15, 0.2) is 0 Å². The number of aliphatic hydroxyl groups is 1. The molecule has 0 bridgehead atoms. The standard InChI is InChI=1S/C15H29NO2/c1-4-15(3)13(9-14(15)18-5-2)16-12-8-6-7-11(12)10-17/h11-14,16-17H,4-10H2,1-3H3. The molecule has 3 nitrogen and oxygen atoms in total. The molecule has 0 amide bonds. The molecule has 0 aromatic heterocycles. The molecule has 2 aliphatic rings. The Hall–Kier alpha value is -0.120. The number of ether oxygens (including phenoxy) is 1. The van der Waals surface area contributed by atoms with Crippen LogP contribution in [0.1, 0.15) is 52.9 Å². The molecule has 2 rings (SSSR count). The van der Waals surface area contributed by atoms with Crippen LogP contribution in [0.25, 0.3) is 0 Å². The molecule has 5 unspecified atom stereocenters. The molecule has 106 valence electrons. The van der Waals surface area contributed by atoms with Crippen molar-refractivity contribution in [2.24, 2.45) is 11.3 Å². The largest absolute Gasteiger partial charge is 0.396 e. The van der Waals surface area contributed by atoms with Gasteiger partial charge in [0.2, 0.25) is 0 Å². The molecule has 0 spiro atoms. The Morgan fingerprint density at radius 3 is 2.72 bits per heavy atom. The Morgan fingerprint density at radius 1 is 1.33 bits per heavy atom. The lowest BCUT2D eigenvalue weighted by atomic mass is 9.61. The van der Waals surface area contributed by atoms with E-state index in [2.05, 4.69) is 26.1 Å². The number of hydrogen-bond acceptors (Lipinski definition) is 3. The van der Waals surface area contributed by atoms with Crippen LogP contribution < -0.4 is 5.32 Å². The van der Waals surface area contributed by atoms with E-state index in [1.807, 2.05) is 0 Å². The first-order valence-electron chi connectivity index (χ1n) is 7.64. The Balaban J connectivity index is 1.90. The molecule has 2 fully saturated rings. The van der Waals surface area contributed by atoms with E-state index in [4.69, 9.17) is 4.74 Å². The van der Waals surface area contributed by atoms with E-state index in [1.54, 1.807) is 0 Å². The van der Waals surface area contributed by atoms with Gasteiger partial charge in [0.25, 0.3) is 0 Å². The first-order chi connectivity index (χ1) is 8.65. The Labute approximate surface area is 111 Å². The average Bonchev–Trinajstić information content (AvgIpc) is 2.83. The molecule has 5 atom stereocenters. The smallest absolute Gasteiger partial charge is 0.0658 e. The zero-order valence-electron chi connectivity index (χ0n) is 12.1. The SMILES string of the molecule is CCOC1CC(NC2CCCC2CO)C1(C)CC. The highest BCUT2D eigenvalue weighted by Crippen LogP contribution is 2.46. The monoisotopic (exact) mass is 255 g/mol. The van der Waals surface area contributed by atoms with E-state index >= 15 is 0 Å². The van der Waals surface area contributed by atoms with Crippen molar-refractivity contribution in [1.29, 1.82) is 0 Å². The minimum absolute atomic E-state index is 0.276. The van der Waals surface area contributed by atoms with Crippen molar-refractivity contribution in [2.75, 3.05) is 13.2 Å². The second-order valence-corrected chi connectivity index (χ2v) is 6.24. The van der Waals surface area contributed by atoms with Crippen molar-refractivity contribution in [2.45, 2.75) is 71.1 Å². The highest BCUT2D eigenvalue weighted by Gasteiger charge is 2.51. The van der Waals surface area contributed by atoms with Gasteiger partial charge in [-0.1, -0.05) is 20.3 Å². The van der Waals surface area contributed by atoms with Gasteiger partial charge in [-0.15, -0.1) is 0 Å². The number of hydrogen-bond donors (Lipinski definition) is 2. The van der Waals surface area contributed by atoms with Gasteiger partial charge in [0.1, 0.15) is 0 Å². The van der Waals surface area contributed by atoms with Crippen molar-refractivity contribution in [3.63, 3.8) is 0 Å². The van der Waals surface area contributed by atoms with Crippen LogP contribution in [0.4, 0.5) is 0 Å². The predicted molar refractivity (Wildman–Crippen MR) is 73.6 cm³/mol. The van der Waals surface area contributed by atoms with E-state index in [0.29, 0.717) is 30.7 Å². The summed E-state index contributed by atoms with van der Waals surface area (Å²) < 4.78 is 5.84. The number of nitrogens with one attached hydrogen (secondary N) is 1. The zero-order chi connectivity index (χ0) is 13.2. The van der Waals surface area contributed by atoms with Gasteiger partial charge in [0.05, 0.1) is 6.10 Å². The third kappa shape index (κ3) is 2.45. The van der Waals surface area contributed by atoms with E-state index < -0.39 is 0 Å². The van der Waals surface area contributed by atoms with E-state index in [9.17, 15) is 5.11 Å². The van der Waals surface area contributed by atoms with Crippen LogP contribution in [0.3, 0.4) is 0 Å². The summed E-state index contributed by atoms with van der Waals surface area (Å²) in [6, 6.07) is 1.09. The highest BCUT2D eigenvalue weighted by molar-refractivity contribution is 5.06. The minimum Gasteiger partial charge on any atom is -0.396 e. The lowest BCUT2D eigenvalue weighted by Crippen LogP contribution is -2.64. The molecule has 18 heavy (non-hydrogen) atoms. The Kier molecular flexibility index (Phi) is 4.68. The third-order valence-electron chi connectivity index (χ3n) is 5.42. The van der Waals surface area contributed by atoms with Crippen molar-refractivity contribution in [3.05, 3.63) is 0 Å². The van der Waals surface area contributed by atoms with Crippen LogP contribution in [0.2, 0.25) is 0 Å². The van der Waals surface area contributed by atoms with Gasteiger partial charge in [0, 0.05) is 30.7 Å². The molecule has 2 N–H and O–H groups in total. The summed E-state index contributed by atoms with van der Waals surface area (Å²) in [4.78, 5) is 0. The lowest BCUT2D eigenvalue weighted by molar-refractivity contribution is -0.129. The quantitative estimate of drug-likeness (QED) is 0.765. The normalized spacial score (nSPS) is 44.0. The van der Waals surface area contributed by atoms with Crippen molar-refractivity contribution < 1.29 is 9.84 Å². The minimum atomic E-state index is 0.276. The summed E-state index contributed by atoms with van der Waals surface area (Å²) >= 11 is 0. The summed E-state index contributed by atoms with van der Waals surface area (Å²) in [6.45, 7) is 7.84. The van der Waals surface area contributed by atoms with E-state index in [-0.39, 0.29) is 5.41 Å². The van der Waals surface area contributed by atoms with Crippen LogP contribution in [-0.2, 0) is 4.74 Å². The van der Waals surface area contributed by atoms with Crippen molar-refractivity contribution in [3.8, 4) is 0 Å². The molecule has 0 aliphatic heterocycles. The summed E-state index contributed by atoms with van der Waals surface area (Å²) in [5.41, 5.74) is 0.276. The Morgan fingerprint density at radius 2 is 2.11 bits per heavy atom. The summed E-state index contributed by atoms with van der Waals surface area (Å²) in [6.07, 6.45) is 6.37. The number of rotatable bonds is 6. The molecule has 3 heteroatoms. The molecule has 2 saturated carbocycles. The van der Waals surface area contributed by atoms with Gasteiger partial charge in [0.15, 0.2) is 0 Å². The summed E-state index contributed by atoms with van der Waals surface area (Å²) in [7, 11) is 0. The van der Waals surface area contributed by atoms with Crippen LogP contribution in [0, 0.1) is 11.3 Å². The maximum absolute atomic E-state index is 9.40. The first-order valence-corrected chi connectivity index (χ1v) is 7.64. The second kappa shape index (κ2) is 5.89. The topological polar surface area (TPSA) is 41.5 Å². The molecule has 0 heterocycles. The fourth-order valence-electron chi connectivity index (χ4n) is 3.74. The molecule has 2 aliphatic carbocycles. The van der Waals surface area contributed by atoms with Gasteiger partial charge < -0.3 is 15.2 Å². The number of aliphatic hydroxyl groups excluding tert-OH is 1. The molecule has 0 aromatic carbocycles. The van der Waals surface area contributed by atoms with E-state index in [1.165, 1.54) is 19.3 Å². The molecule has 0 saturated heterocycles. The van der Waals surface area contributed by atoms with Crippen LogP contribution in [0.5, 0.6) is 0 Å². The maximum atomic E-state index is 9.40. The third-order valence-corrected chi connectivity index (χ3v) is 5.42. The first kappa shape index (κ1) is 14.3. The van der Waals surface area contributed by atoms with Gasteiger partial charge in [-0.3, -0.25) is 0 Å². The van der Waals surface area contributed by atoms with Crippen molar-refractivity contribution >= 4 is 0 Å². The van der Waals surface area contributed by atoms with E-state index in [0.717, 1.165) is 19.4 Å². The van der Waals surface area contributed by atoms with Crippen LogP contribution in [-0.4, -0.2) is 36.5 Å². The molecule has 0 aromatic rings. The summed E-state index contributed by atoms with van der Waals surface area (Å²) in [5, 5.41) is 13.2. The fourth-order valence-corrected chi connectivity index (χ4v) is 3.74. The molecular formula is C15H29NO2. The van der Waals surface area contributed by atoms with Crippen LogP contribution >= 0.6 is 0 Å². The van der Waals surface area contributed by atoms with Gasteiger partial charge >= 0.3 is 0 Å². The van der Waals surface area contributed by atoms with Gasteiger partial charge in [-0.05, 0) is 38.5 Å². The maximum Gasteiger partial charge on any atom is 0.0658 e. The fraction of sp³-hybridized carbons (Fsp3) is 1.00. The second-order valence-electron chi connectivity index (χ2n) is 6.24. The van der Waals surface area contributed by atoms with Crippen molar-refractivity contribution in [1.82, 2.24) is 5.32 Å². The molecule has 0 radical (unpaired) electrons. The average molecular weight is 255 g/mol. The summed E-state index contributed by atoms with van der Waals surface area (Å²) in [5.74, 6) is 0.470. The highest BCUT2D eigenvalue weighted by atomic mass is 16.5. The lowest BCUT2D eigenvalue weighted by Gasteiger charge is -2.55. The molecular weight excluding hydrogens is 226 g/mol. The Bertz CT molecular complexity index is 271.